The number of esters is 1. The second kappa shape index (κ2) is 9.78. The zero-order valence-corrected chi connectivity index (χ0v) is 16.9. The number of amides is 2. The number of hydrogen-bond donors (Lipinski definition) is 1. The molecule has 8 heteroatoms. The highest BCUT2D eigenvalue weighted by atomic mass is 16.5. The van der Waals surface area contributed by atoms with E-state index in [1.54, 1.807) is 48.5 Å². The monoisotopic (exact) mass is 412 g/mol. The Kier molecular flexibility index (Phi) is 6.90. The highest BCUT2D eigenvalue weighted by Gasteiger charge is 2.36. The van der Waals surface area contributed by atoms with Crippen LogP contribution in [-0.4, -0.2) is 44.7 Å². The number of carbonyl (C=O) groups excluding carboxylic acids is 3. The number of anilines is 2. The van der Waals surface area contributed by atoms with Gasteiger partial charge in [0.05, 0.1) is 25.3 Å². The van der Waals surface area contributed by atoms with Crippen LogP contribution < -0.4 is 19.7 Å². The molecule has 1 aliphatic heterocycles. The third-order valence-corrected chi connectivity index (χ3v) is 4.64. The maximum absolute atomic E-state index is 12.4. The molecule has 0 aliphatic carbocycles. The molecule has 2 aromatic carbocycles. The highest BCUT2D eigenvalue weighted by Crippen LogP contribution is 2.27. The lowest BCUT2D eigenvalue weighted by molar-refractivity contribution is -0.151. The first-order valence-corrected chi connectivity index (χ1v) is 9.64. The molecule has 8 nitrogen and oxygen atoms in total. The lowest BCUT2D eigenvalue weighted by Gasteiger charge is -2.17. The Balaban J connectivity index is 1.52. The molecular formula is C22H24N2O6. The summed E-state index contributed by atoms with van der Waals surface area (Å²) in [6.45, 7) is 2.22. The lowest BCUT2D eigenvalue weighted by atomic mass is 10.1. The number of methoxy groups -OCH3 is 1. The smallest absolute Gasteiger partial charge is 0.311 e. The first-order valence-electron chi connectivity index (χ1n) is 9.64. The molecule has 0 spiro atoms. The van der Waals surface area contributed by atoms with Gasteiger partial charge in [-0.1, -0.05) is 12.1 Å². The molecule has 30 heavy (non-hydrogen) atoms. The highest BCUT2D eigenvalue weighted by molar-refractivity contribution is 6.00. The number of nitrogens with one attached hydrogen (secondary N) is 1. The van der Waals surface area contributed by atoms with Crippen LogP contribution in [0.3, 0.4) is 0 Å². The molecule has 0 bridgehead atoms. The molecule has 3 rings (SSSR count). The van der Waals surface area contributed by atoms with E-state index >= 15 is 0 Å². The van der Waals surface area contributed by atoms with E-state index in [0.29, 0.717) is 29.5 Å². The molecule has 1 aliphatic rings. The maximum Gasteiger partial charge on any atom is 0.311 e. The number of rotatable bonds is 8. The van der Waals surface area contributed by atoms with Crippen LogP contribution in [0.25, 0.3) is 0 Å². The topological polar surface area (TPSA) is 94.2 Å². The van der Waals surface area contributed by atoms with Crippen molar-refractivity contribution in [1.29, 1.82) is 0 Å². The van der Waals surface area contributed by atoms with Crippen LogP contribution in [0.4, 0.5) is 11.4 Å². The van der Waals surface area contributed by atoms with Crippen LogP contribution in [0, 0.1) is 5.92 Å². The largest absolute Gasteiger partial charge is 0.495 e. The number of carbonyl (C=O) groups is 3. The van der Waals surface area contributed by atoms with E-state index in [9.17, 15) is 14.4 Å². The number of hydrogen-bond acceptors (Lipinski definition) is 6. The van der Waals surface area contributed by atoms with Crippen molar-refractivity contribution in [2.45, 2.75) is 13.3 Å². The molecule has 1 heterocycles. The van der Waals surface area contributed by atoms with Crippen molar-refractivity contribution in [2.24, 2.45) is 5.92 Å². The van der Waals surface area contributed by atoms with Crippen LogP contribution in [-0.2, 0) is 19.1 Å². The molecule has 2 aromatic rings. The molecule has 2 amide bonds. The summed E-state index contributed by atoms with van der Waals surface area (Å²) in [5.74, 6) is -0.635. The molecular weight excluding hydrogens is 388 g/mol. The SMILES string of the molecule is CCOc1ccc(N2C[C@@H](C(=O)OCC(=O)Nc3ccccc3OC)CC2=O)cc1. The second-order valence-corrected chi connectivity index (χ2v) is 6.69. The molecule has 1 saturated heterocycles. The average molecular weight is 412 g/mol. The molecule has 0 aromatic heterocycles. The Morgan fingerprint density at radius 3 is 2.57 bits per heavy atom. The Bertz CT molecular complexity index is 912. The van der Waals surface area contributed by atoms with E-state index in [1.165, 1.54) is 12.0 Å². The van der Waals surface area contributed by atoms with Crippen LogP contribution >= 0.6 is 0 Å². The van der Waals surface area contributed by atoms with E-state index in [1.807, 2.05) is 6.92 Å². The van der Waals surface area contributed by atoms with Gasteiger partial charge in [-0.15, -0.1) is 0 Å². The van der Waals surface area contributed by atoms with Gasteiger partial charge in [0.25, 0.3) is 5.91 Å². The van der Waals surface area contributed by atoms with Crippen LogP contribution in [0.5, 0.6) is 11.5 Å². The summed E-state index contributed by atoms with van der Waals surface area (Å²) in [6.07, 6.45) is 0.0418. The summed E-state index contributed by atoms with van der Waals surface area (Å²) in [5, 5.41) is 2.64. The van der Waals surface area contributed by atoms with Crippen LogP contribution in [0.15, 0.2) is 48.5 Å². The number of para-hydroxylation sites is 2. The second-order valence-electron chi connectivity index (χ2n) is 6.69. The van der Waals surface area contributed by atoms with Crippen molar-refractivity contribution >= 4 is 29.2 Å². The van der Waals surface area contributed by atoms with Crippen LogP contribution in [0.1, 0.15) is 13.3 Å². The van der Waals surface area contributed by atoms with Gasteiger partial charge in [0.15, 0.2) is 6.61 Å². The summed E-state index contributed by atoms with van der Waals surface area (Å²) >= 11 is 0. The maximum atomic E-state index is 12.4. The summed E-state index contributed by atoms with van der Waals surface area (Å²) in [6, 6.07) is 14.0. The van der Waals surface area contributed by atoms with Gasteiger partial charge in [-0.3, -0.25) is 14.4 Å². The minimum Gasteiger partial charge on any atom is -0.495 e. The van der Waals surface area contributed by atoms with Gasteiger partial charge < -0.3 is 24.4 Å². The average Bonchev–Trinajstić information content (AvgIpc) is 3.15. The van der Waals surface area contributed by atoms with E-state index < -0.39 is 24.4 Å². The Labute approximate surface area is 174 Å². The van der Waals surface area contributed by atoms with Crippen molar-refractivity contribution in [3.63, 3.8) is 0 Å². The standard InChI is InChI=1S/C22H24N2O6/c1-3-29-17-10-8-16(9-11-17)24-13-15(12-21(24)26)22(27)30-14-20(25)23-18-6-4-5-7-19(18)28-2/h4-11,15H,3,12-14H2,1-2H3,(H,23,25)/t15-/m0/s1. The predicted octanol–water partition coefficient (Wildman–Crippen LogP) is 2.63. The molecule has 0 radical (unpaired) electrons. The minimum absolute atomic E-state index is 0.0418. The number of nitrogens with zero attached hydrogens (tertiary/aromatic N) is 1. The molecule has 1 N–H and O–H groups in total. The Morgan fingerprint density at radius 1 is 1.13 bits per heavy atom. The van der Waals surface area contributed by atoms with Crippen LogP contribution in [0.2, 0.25) is 0 Å². The van der Waals surface area contributed by atoms with E-state index in [0.717, 1.165) is 0 Å². The quantitative estimate of drug-likeness (QED) is 0.670. The van der Waals surface area contributed by atoms with E-state index in [4.69, 9.17) is 14.2 Å². The third-order valence-electron chi connectivity index (χ3n) is 4.64. The normalized spacial score (nSPS) is 15.6. The van der Waals surface area contributed by atoms with Crippen molar-refractivity contribution in [3.05, 3.63) is 48.5 Å². The van der Waals surface area contributed by atoms with Gasteiger partial charge in [0.2, 0.25) is 5.91 Å². The number of ether oxygens (including phenoxy) is 3. The van der Waals surface area contributed by atoms with Gasteiger partial charge in [-0.25, -0.2) is 0 Å². The molecule has 1 fully saturated rings. The van der Waals surface area contributed by atoms with E-state index in [-0.39, 0.29) is 18.9 Å². The molecule has 1 atom stereocenters. The minimum atomic E-state index is -0.622. The van der Waals surface area contributed by atoms with E-state index in [2.05, 4.69) is 5.32 Å². The third kappa shape index (κ3) is 5.08. The van der Waals surface area contributed by atoms with Crippen molar-refractivity contribution in [1.82, 2.24) is 0 Å². The fraction of sp³-hybridized carbons (Fsp3) is 0.318. The van der Waals surface area contributed by atoms with Gasteiger partial charge in [0, 0.05) is 18.7 Å². The fourth-order valence-electron chi connectivity index (χ4n) is 3.19. The molecule has 0 saturated carbocycles. The Morgan fingerprint density at radius 2 is 1.87 bits per heavy atom. The van der Waals surface area contributed by atoms with Gasteiger partial charge >= 0.3 is 5.97 Å². The van der Waals surface area contributed by atoms with Gasteiger partial charge in [0.1, 0.15) is 11.5 Å². The van der Waals surface area contributed by atoms with Crippen molar-refractivity contribution in [3.8, 4) is 11.5 Å². The van der Waals surface area contributed by atoms with Gasteiger partial charge in [-0.2, -0.15) is 0 Å². The van der Waals surface area contributed by atoms with Gasteiger partial charge in [-0.05, 0) is 43.3 Å². The lowest BCUT2D eigenvalue weighted by Crippen LogP contribution is -2.28. The van der Waals surface area contributed by atoms with Crippen molar-refractivity contribution < 1.29 is 28.6 Å². The molecule has 0 unspecified atom stereocenters. The summed E-state index contributed by atoms with van der Waals surface area (Å²) in [7, 11) is 1.50. The zero-order chi connectivity index (χ0) is 21.5. The zero-order valence-electron chi connectivity index (χ0n) is 16.9. The first kappa shape index (κ1) is 21.2. The fourth-order valence-corrected chi connectivity index (χ4v) is 3.19. The summed E-state index contributed by atoms with van der Waals surface area (Å²) in [5.41, 5.74) is 1.17. The Hall–Kier alpha value is -3.55. The first-order chi connectivity index (χ1) is 14.5. The summed E-state index contributed by atoms with van der Waals surface area (Å²) in [4.78, 5) is 38.3. The van der Waals surface area contributed by atoms with Crippen molar-refractivity contribution in [2.75, 3.05) is 37.1 Å². The molecule has 158 valence electrons. The predicted molar refractivity (Wildman–Crippen MR) is 111 cm³/mol. The summed E-state index contributed by atoms with van der Waals surface area (Å²) < 4.78 is 15.7. The number of benzene rings is 2.